The highest BCUT2D eigenvalue weighted by molar-refractivity contribution is 7.98. The van der Waals surface area contributed by atoms with Crippen molar-refractivity contribution in [2.45, 2.75) is 17.1 Å². The molecule has 0 spiro atoms. The van der Waals surface area contributed by atoms with Crippen molar-refractivity contribution in [2.75, 3.05) is 0 Å². The second kappa shape index (κ2) is 7.67. The van der Waals surface area contributed by atoms with Gasteiger partial charge >= 0.3 is 6.18 Å². The first-order chi connectivity index (χ1) is 15.4. The highest BCUT2D eigenvalue weighted by atomic mass is 32.2. The third kappa shape index (κ3) is 3.77. The minimum Gasteiger partial charge on any atom is -0.463 e. The van der Waals surface area contributed by atoms with Gasteiger partial charge in [-0.25, -0.2) is 9.61 Å². The predicted octanol–water partition coefficient (Wildman–Crippen LogP) is 4.04. The first-order valence-corrected chi connectivity index (χ1v) is 10.0. The summed E-state index contributed by atoms with van der Waals surface area (Å²) >= 11 is 1.15. The average Bonchev–Trinajstić information content (AvgIpc) is 3.53. The van der Waals surface area contributed by atoms with Crippen LogP contribution in [-0.2, 0) is 11.9 Å². The summed E-state index contributed by atoms with van der Waals surface area (Å²) < 4.78 is 50.6. The number of hydrogen-bond acceptors (Lipinski definition) is 8. The smallest absolute Gasteiger partial charge is 0.416 e. The van der Waals surface area contributed by atoms with E-state index in [2.05, 4.69) is 25.4 Å². The molecule has 5 aromatic rings. The molecule has 9 nitrogen and oxygen atoms in total. The number of fused-ring (bicyclic) bond motifs is 1. The highest BCUT2D eigenvalue weighted by Gasteiger charge is 2.30. The molecule has 0 saturated carbocycles. The number of aromatic nitrogens is 6. The fourth-order valence-corrected chi connectivity index (χ4v) is 3.66. The quantitative estimate of drug-likeness (QED) is 0.391. The molecule has 0 aliphatic carbocycles. The van der Waals surface area contributed by atoms with Gasteiger partial charge in [0.05, 0.1) is 17.6 Å². The molecule has 13 heteroatoms. The SMILES string of the molecule is O=c1[nH]nc(SCc2nc(-c3cccc(C(F)(F)F)c3)no2)n2nc(-c3ccco3)cc12. The molecule has 1 aromatic carbocycles. The van der Waals surface area contributed by atoms with Crippen LogP contribution in [0.4, 0.5) is 13.2 Å². The van der Waals surface area contributed by atoms with E-state index in [9.17, 15) is 18.0 Å². The van der Waals surface area contributed by atoms with Gasteiger partial charge in [-0.05, 0) is 24.3 Å². The number of nitrogens with one attached hydrogen (secondary N) is 1. The molecule has 32 heavy (non-hydrogen) atoms. The number of benzene rings is 1. The van der Waals surface area contributed by atoms with E-state index < -0.39 is 17.3 Å². The maximum Gasteiger partial charge on any atom is 0.416 e. The number of nitrogens with zero attached hydrogens (tertiary/aromatic N) is 5. The van der Waals surface area contributed by atoms with E-state index in [-0.39, 0.29) is 28.5 Å². The molecule has 1 N–H and O–H groups in total. The molecule has 0 atom stereocenters. The summed E-state index contributed by atoms with van der Waals surface area (Å²) in [5.74, 6) is 0.842. The molecule has 162 valence electrons. The maximum absolute atomic E-state index is 12.9. The topological polar surface area (TPSA) is 115 Å². The van der Waals surface area contributed by atoms with Crippen LogP contribution in [0.3, 0.4) is 0 Å². The maximum atomic E-state index is 12.9. The Morgan fingerprint density at radius 2 is 2.03 bits per heavy atom. The fourth-order valence-electron chi connectivity index (χ4n) is 2.92. The monoisotopic (exact) mass is 460 g/mol. The van der Waals surface area contributed by atoms with Crippen molar-refractivity contribution >= 4 is 17.3 Å². The Labute approximate surface area is 180 Å². The van der Waals surface area contributed by atoms with Crippen molar-refractivity contribution in [1.82, 2.24) is 30.0 Å². The minimum atomic E-state index is -4.47. The zero-order chi connectivity index (χ0) is 22.3. The van der Waals surface area contributed by atoms with Gasteiger partial charge in [-0.2, -0.15) is 23.3 Å². The van der Waals surface area contributed by atoms with Gasteiger partial charge in [0.1, 0.15) is 11.2 Å². The van der Waals surface area contributed by atoms with Gasteiger partial charge < -0.3 is 8.94 Å². The summed E-state index contributed by atoms with van der Waals surface area (Å²) in [6, 6.07) is 9.65. The van der Waals surface area contributed by atoms with Gasteiger partial charge in [-0.3, -0.25) is 4.79 Å². The molecule has 0 radical (unpaired) electrons. The second-order valence-electron chi connectivity index (χ2n) is 6.52. The largest absolute Gasteiger partial charge is 0.463 e. The van der Waals surface area contributed by atoms with Crippen LogP contribution >= 0.6 is 11.8 Å². The normalized spacial score (nSPS) is 12.0. The third-order valence-electron chi connectivity index (χ3n) is 4.39. The Hall–Kier alpha value is -3.87. The van der Waals surface area contributed by atoms with Gasteiger partial charge in [0.2, 0.25) is 16.9 Å². The fraction of sp³-hybridized carbons (Fsp3) is 0.105. The van der Waals surface area contributed by atoms with Crippen molar-refractivity contribution in [3.63, 3.8) is 0 Å². The van der Waals surface area contributed by atoms with Gasteiger partial charge in [0.25, 0.3) is 5.56 Å². The standard InChI is InChI=1S/C19H11F3N6O3S/c20-19(21,22)11-4-1-3-10(7-11)16-23-15(31-27-16)9-32-18-25-24-17(29)13-8-12(26-28(13)18)14-5-2-6-30-14/h1-8H,9H2,(H,24,29). The Morgan fingerprint density at radius 3 is 2.81 bits per heavy atom. The van der Waals surface area contributed by atoms with Crippen LogP contribution < -0.4 is 5.56 Å². The van der Waals surface area contributed by atoms with E-state index in [1.807, 2.05) is 0 Å². The van der Waals surface area contributed by atoms with Crippen molar-refractivity contribution < 1.29 is 22.1 Å². The molecular weight excluding hydrogens is 449 g/mol. The summed E-state index contributed by atoms with van der Waals surface area (Å²) in [7, 11) is 0. The van der Waals surface area contributed by atoms with Crippen molar-refractivity contribution in [1.29, 1.82) is 0 Å². The van der Waals surface area contributed by atoms with Gasteiger partial charge in [-0.1, -0.05) is 29.1 Å². The van der Waals surface area contributed by atoms with Crippen molar-refractivity contribution in [3.05, 3.63) is 70.5 Å². The number of halogens is 3. The molecule has 0 aliphatic heterocycles. The number of aromatic amines is 1. The molecule has 0 aliphatic rings. The van der Waals surface area contributed by atoms with E-state index >= 15 is 0 Å². The zero-order valence-corrected chi connectivity index (χ0v) is 16.6. The Kier molecular flexibility index (Phi) is 4.81. The van der Waals surface area contributed by atoms with E-state index in [4.69, 9.17) is 8.94 Å². The van der Waals surface area contributed by atoms with Gasteiger partial charge in [0, 0.05) is 11.6 Å². The molecule has 0 bridgehead atoms. The Bertz CT molecular complexity index is 1460. The van der Waals surface area contributed by atoms with Crippen LogP contribution in [0.15, 0.2) is 67.6 Å². The van der Waals surface area contributed by atoms with Crippen LogP contribution in [0.25, 0.3) is 28.4 Å². The molecule has 5 rings (SSSR count). The van der Waals surface area contributed by atoms with E-state index in [1.54, 1.807) is 18.2 Å². The first-order valence-electron chi connectivity index (χ1n) is 9.04. The molecular formula is C19H11F3N6O3S. The number of furan rings is 1. The lowest BCUT2D eigenvalue weighted by Crippen LogP contribution is -2.13. The van der Waals surface area contributed by atoms with Gasteiger partial charge in [-0.15, -0.1) is 5.10 Å². The lowest BCUT2D eigenvalue weighted by molar-refractivity contribution is -0.137. The lowest BCUT2D eigenvalue weighted by Gasteiger charge is -2.06. The summed E-state index contributed by atoms with van der Waals surface area (Å²) in [6.45, 7) is 0. The zero-order valence-electron chi connectivity index (χ0n) is 15.8. The number of hydrogen-bond donors (Lipinski definition) is 1. The van der Waals surface area contributed by atoms with Crippen LogP contribution in [0.2, 0.25) is 0 Å². The Balaban J connectivity index is 1.39. The number of rotatable bonds is 5. The second-order valence-corrected chi connectivity index (χ2v) is 7.46. The molecule has 4 heterocycles. The number of thioether (sulfide) groups is 1. The Morgan fingerprint density at radius 1 is 1.16 bits per heavy atom. The van der Waals surface area contributed by atoms with E-state index in [0.29, 0.717) is 16.6 Å². The lowest BCUT2D eigenvalue weighted by atomic mass is 10.1. The van der Waals surface area contributed by atoms with Crippen LogP contribution in [0.5, 0.6) is 0 Å². The molecule has 0 unspecified atom stereocenters. The van der Waals surface area contributed by atoms with Crippen LogP contribution in [-0.4, -0.2) is 30.0 Å². The summed E-state index contributed by atoms with van der Waals surface area (Å²) in [5, 5.41) is 14.9. The van der Waals surface area contributed by atoms with Crippen LogP contribution in [0.1, 0.15) is 11.5 Å². The molecule has 4 aromatic heterocycles. The number of H-pyrrole nitrogens is 1. The van der Waals surface area contributed by atoms with Gasteiger partial charge in [0.15, 0.2) is 5.76 Å². The molecule has 0 amide bonds. The van der Waals surface area contributed by atoms with E-state index in [0.717, 1.165) is 23.9 Å². The minimum absolute atomic E-state index is 0.0328. The first kappa shape index (κ1) is 20.1. The highest BCUT2D eigenvalue weighted by Crippen LogP contribution is 2.32. The van der Waals surface area contributed by atoms with Crippen molar-refractivity contribution in [3.8, 4) is 22.8 Å². The van der Waals surface area contributed by atoms with E-state index in [1.165, 1.54) is 22.9 Å². The summed E-state index contributed by atoms with van der Waals surface area (Å²) in [6.07, 6.45) is -2.98. The third-order valence-corrected chi connectivity index (χ3v) is 5.30. The summed E-state index contributed by atoms with van der Waals surface area (Å²) in [5.41, 5.74) is -0.325. The van der Waals surface area contributed by atoms with Crippen LogP contribution in [0, 0.1) is 0 Å². The molecule has 0 fully saturated rings. The summed E-state index contributed by atoms with van der Waals surface area (Å²) in [4.78, 5) is 16.3. The average molecular weight is 460 g/mol. The van der Waals surface area contributed by atoms with Crippen molar-refractivity contribution in [2.24, 2.45) is 0 Å². The predicted molar refractivity (Wildman–Crippen MR) is 106 cm³/mol. The molecule has 0 saturated heterocycles. The number of alkyl halides is 3.